The quantitative estimate of drug-likeness (QED) is 0.300. The van der Waals surface area contributed by atoms with Crippen LogP contribution < -0.4 is 0 Å². The van der Waals surface area contributed by atoms with Crippen molar-refractivity contribution in [2.45, 2.75) is 34.1 Å². The molecule has 0 aliphatic rings. The van der Waals surface area contributed by atoms with Gasteiger partial charge in [-0.3, -0.25) is 10.1 Å². The van der Waals surface area contributed by atoms with Gasteiger partial charge in [0, 0.05) is 17.6 Å². The Hall–Kier alpha value is -1.38. The van der Waals surface area contributed by atoms with E-state index in [0.29, 0.717) is 0 Å². The minimum Gasteiger partial charge on any atom is -0.258 e. The van der Waals surface area contributed by atoms with Crippen molar-refractivity contribution >= 4 is 0 Å². The van der Waals surface area contributed by atoms with Crippen LogP contribution in [-0.4, -0.2) is 4.92 Å². The van der Waals surface area contributed by atoms with Gasteiger partial charge in [0.1, 0.15) is 0 Å². The van der Waals surface area contributed by atoms with Crippen LogP contribution in [0.3, 0.4) is 0 Å². The zero-order valence-electron chi connectivity index (χ0n) is 9.86. The first kappa shape index (κ1) is 13.6. The summed E-state index contributed by atoms with van der Waals surface area (Å²) in [5.41, 5.74) is -0.138. The second-order valence-corrected chi connectivity index (χ2v) is 3.96. The minimum absolute atomic E-state index is 0.142. The Morgan fingerprint density at radius 1 is 1.47 bits per heavy atom. The van der Waals surface area contributed by atoms with Gasteiger partial charge in [-0.1, -0.05) is 39.0 Å². The molecule has 0 aromatic carbocycles. The topological polar surface area (TPSA) is 43.1 Å². The lowest BCUT2D eigenvalue weighted by molar-refractivity contribution is -0.419. The van der Waals surface area contributed by atoms with Crippen LogP contribution in [0, 0.1) is 15.5 Å². The third-order valence-corrected chi connectivity index (χ3v) is 1.85. The summed E-state index contributed by atoms with van der Waals surface area (Å²) in [5.74, 6) is 0. The van der Waals surface area contributed by atoms with E-state index in [1.807, 2.05) is 32.9 Å². The van der Waals surface area contributed by atoms with Crippen LogP contribution in [0.25, 0.3) is 0 Å². The third-order valence-electron chi connectivity index (χ3n) is 1.85. The van der Waals surface area contributed by atoms with Gasteiger partial charge in [0.05, 0.1) is 4.92 Å². The summed E-state index contributed by atoms with van der Waals surface area (Å²) in [6.45, 7) is 7.71. The van der Waals surface area contributed by atoms with E-state index in [9.17, 15) is 10.1 Å². The average Bonchev–Trinajstić information content (AvgIpc) is 2.14. The van der Waals surface area contributed by atoms with Gasteiger partial charge in [-0.15, -0.1) is 0 Å². The first-order chi connectivity index (χ1) is 6.93. The lowest BCUT2D eigenvalue weighted by atomic mass is 9.91. The van der Waals surface area contributed by atoms with Crippen LogP contribution in [0.15, 0.2) is 36.1 Å². The molecule has 15 heavy (non-hydrogen) atoms. The fraction of sp³-hybridized carbons (Fsp3) is 0.500. The molecule has 0 spiro atoms. The number of nitrogens with zero attached hydrogens (tertiary/aromatic N) is 1. The summed E-state index contributed by atoms with van der Waals surface area (Å²) in [4.78, 5) is 10.3. The Labute approximate surface area is 91.3 Å². The van der Waals surface area contributed by atoms with Crippen LogP contribution in [-0.2, 0) is 0 Å². The van der Waals surface area contributed by atoms with Crippen molar-refractivity contribution in [2.75, 3.05) is 0 Å². The summed E-state index contributed by atoms with van der Waals surface area (Å²) >= 11 is 0. The Kier molecular flexibility index (Phi) is 5.60. The first-order valence-corrected chi connectivity index (χ1v) is 5.10. The molecule has 0 saturated heterocycles. The number of nitro groups is 1. The molecule has 84 valence electrons. The largest absolute Gasteiger partial charge is 0.265 e. The molecule has 0 aromatic heterocycles. The lowest BCUT2D eigenvalue weighted by Crippen LogP contribution is -2.07. The second-order valence-electron chi connectivity index (χ2n) is 3.96. The van der Waals surface area contributed by atoms with Crippen molar-refractivity contribution in [3.63, 3.8) is 0 Å². The van der Waals surface area contributed by atoms with Gasteiger partial charge in [-0.25, -0.2) is 0 Å². The molecular weight excluding hydrogens is 190 g/mol. The van der Waals surface area contributed by atoms with Crippen LogP contribution in [0.5, 0.6) is 0 Å². The van der Waals surface area contributed by atoms with Gasteiger partial charge in [-0.2, -0.15) is 0 Å². The maximum absolute atomic E-state index is 10.7. The Bertz CT molecular complexity index is 299. The fourth-order valence-electron chi connectivity index (χ4n) is 1.18. The van der Waals surface area contributed by atoms with Gasteiger partial charge < -0.3 is 0 Å². The molecule has 0 aliphatic carbocycles. The lowest BCUT2D eigenvalue weighted by Gasteiger charge is -2.13. The molecule has 0 amide bonds. The highest BCUT2D eigenvalue weighted by atomic mass is 16.6. The van der Waals surface area contributed by atoms with E-state index >= 15 is 0 Å². The highest BCUT2D eigenvalue weighted by Gasteiger charge is 2.16. The number of allylic oxidation sites excluding steroid dienone is 5. The molecule has 0 atom stereocenters. The van der Waals surface area contributed by atoms with Crippen LogP contribution in [0.2, 0.25) is 0 Å². The molecule has 0 fully saturated rings. The maximum Gasteiger partial charge on any atom is 0.265 e. The fourth-order valence-corrected chi connectivity index (χ4v) is 1.18. The van der Waals surface area contributed by atoms with Gasteiger partial charge >= 0.3 is 0 Å². The van der Waals surface area contributed by atoms with E-state index in [4.69, 9.17) is 0 Å². The van der Waals surface area contributed by atoms with Gasteiger partial charge in [0.2, 0.25) is 0 Å². The number of hydrogen-bond acceptors (Lipinski definition) is 2. The third kappa shape index (κ3) is 5.83. The predicted octanol–water partition coefficient (Wildman–Crippen LogP) is 3.72. The zero-order chi connectivity index (χ0) is 11.9. The van der Waals surface area contributed by atoms with Crippen LogP contribution in [0.1, 0.15) is 34.1 Å². The molecule has 0 radical (unpaired) electrons. The van der Waals surface area contributed by atoms with E-state index in [1.54, 1.807) is 19.1 Å². The maximum atomic E-state index is 10.7. The van der Waals surface area contributed by atoms with E-state index in [-0.39, 0.29) is 16.0 Å². The molecule has 0 heterocycles. The van der Waals surface area contributed by atoms with E-state index in [2.05, 4.69) is 0 Å². The summed E-state index contributed by atoms with van der Waals surface area (Å²) in [7, 11) is 0. The summed E-state index contributed by atoms with van der Waals surface area (Å²) in [6, 6.07) is 0. The van der Waals surface area contributed by atoms with Gasteiger partial charge in [0.15, 0.2) is 0 Å². The zero-order valence-corrected chi connectivity index (χ0v) is 9.86. The number of hydrogen-bond donors (Lipinski definition) is 0. The van der Waals surface area contributed by atoms with Crippen LogP contribution >= 0.6 is 0 Å². The Morgan fingerprint density at radius 2 is 2.07 bits per heavy atom. The highest BCUT2D eigenvalue weighted by molar-refractivity contribution is 5.17. The summed E-state index contributed by atoms with van der Waals surface area (Å²) in [6.07, 6.45) is 9.80. The molecule has 0 rings (SSSR count). The van der Waals surface area contributed by atoms with Gasteiger partial charge in [0.25, 0.3) is 5.70 Å². The van der Waals surface area contributed by atoms with Crippen molar-refractivity contribution in [1.29, 1.82) is 0 Å². The molecule has 0 aromatic rings. The summed E-state index contributed by atoms with van der Waals surface area (Å²) < 4.78 is 0. The predicted molar refractivity (Wildman–Crippen MR) is 63.1 cm³/mol. The minimum atomic E-state index is -0.360. The van der Waals surface area contributed by atoms with Crippen molar-refractivity contribution < 1.29 is 4.92 Å². The molecule has 0 N–H and O–H groups in total. The molecule has 0 bridgehead atoms. The number of rotatable bonds is 5. The smallest absolute Gasteiger partial charge is 0.258 e. The highest BCUT2D eigenvalue weighted by Crippen LogP contribution is 2.22. The average molecular weight is 209 g/mol. The van der Waals surface area contributed by atoms with Gasteiger partial charge in [-0.05, 0) is 13.3 Å². The van der Waals surface area contributed by atoms with Crippen molar-refractivity contribution in [1.82, 2.24) is 0 Å². The van der Waals surface area contributed by atoms with E-state index in [0.717, 1.165) is 6.42 Å². The molecule has 0 saturated carbocycles. The Morgan fingerprint density at radius 3 is 2.47 bits per heavy atom. The molecule has 0 aliphatic heterocycles. The molecule has 0 unspecified atom stereocenters. The molecule has 3 heteroatoms. The monoisotopic (exact) mass is 209 g/mol. The van der Waals surface area contributed by atoms with E-state index < -0.39 is 0 Å². The standard InChI is InChI=1S/C12H19NO2/c1-5-7-9-12(3,4)10-11(8-6-2)13(14)15/h6-10H,5H2,1-4H3/b8-6+,9-7-,11-10+. The second kappa shape index (κ2) is 6.17. The van der Waals surface area contributed by atoms with Crippen molar-refractivity contribution in [3.05, 3.63) is 46.2 Å². The molecule has 3 nitrogen and oxygen atoms in total. The SMILES string of the molecule is C/C=C/C(=C\C(C)(C)/C=C\CC)[N+](=O)[O-]. The normalized spacial score (nSPS) is 14.0. The van der Waals surface area contributed by atoms with Crippen LogP contribution in [0.4, 0.5) is 0 Å². The van der Waals surface area contributed by atoms with Crippen molar-refractivity contribution in [3.8, 4) is 0 Å². The van der Waals surface area contributed by atoms with Crippen molar-refractivity contribution in [2.24, 2.45) is 5.41 Å². The Balaban J connectivity index is 4.95. The van der Waals surface area contributed by atoms with E-state index in [1.165, 1.54) is 6.08 Å². The summed E-state index contributed by atoms with van der Waals surface area (Å²) in [5, 5.41) is 10.7. The molecular formula is C12H19NO2. The first-order valence-electron chi connectivity index (χ1n) is 5.10.